The van der Waals surface area contributed by atoms with Gasteiger partial charge in [-0.3, -0.25) is 0 Å². The fourth-order valence-corrected chi connectivity index (χ4v) is 3.35. The van der Waals surface area contributed by atoms with Crippen molar-refractivity contribution in [1.82, 2.24) is 29.1 Å². The minimum Gasteiger partial charge on any atom is -0.368 e. The van der Waals surface area contributed by atoms with Gasteiger partial charge in [-0.2, -0.15) is 9.97 Å². The van der Waals surface area contributed by atoms with Crippen molar-refractivity contribution in [2.45, 2.75) is 39.3 Å². The van der Waals surface area contributed by atoms with E-state index in [2.05, 4.69) is 67.8 Å². The van der Waals surface area contributed by atoms with E-state index in [9.17, 15) is 0 Å². The molecule has 0 saturated heterocycles. The Bertz CT molecular complexity index is 1050. The second-order valence-electron chi connectivity index (χ2n) is 7.56. The van der Waals surface area contributed by atoms with Crippen molar-refractivity contribution in [1.29, 1.82) is 0 Å². The number of rotatable bonds is 10. The van der Waals surface area contributed by atoms with Gasteiger partial charge in [0.2, 0.25) is 5.95 Å². The van der Waals surface area contributed by atoms with E-state index in [0.29, 0.717) is 5.95 Å². The Morgan fingerprint density at radius 2 is 1.87 bits per heavy atom. The molecular formula is C22H28N8. The summed E-state index contributed by atoms with van der Waals surface area (Å²) >= 11 is 0. The number of aromatic nitrogens is 6. The van der Waals surface area contributed by atoms with Gasteiger partial charge < -0.3 is 19.8 Å². The Balaban J connectivity index is 1.47. The molecule has 8 heteroatoms. The van der Waals surface area contributed by atoms with Gasteiger partial charge in [-0.15, -0.1) is 0 Å². The summed E-state index contributed by atoms with van der Waals surface area (Å²) in [5.41, 5.74) is 2.94. The van der Waals surface area contributed by atoms with Crippen molar-refractivity contribution in [2.24, 2.45) is 0 Å². The number of benzene rings is 1. The third-order valence-corrected chi connectivity index (χ3v) is 4.96. The van der Waals surface area contributed by atoms with Crippen molar-refractivity contribution in [3.8, 4) is 0 Å². The van der Waals surface area contributed by atoms with Crippen molar-refractivity contribution in [3.05, 3.63) is 60.9 Å². The Labute approximate surface area is 176 Å². The van der Waals surface area contributed by atoms with Crippen LogP contribution < -0.4 is 10.6 Å². The molecule has 0 amide bonds. The molecule has 0 radical (unpaired) electrons. The minimum atomic E-state index is 0.274. The molecule has 3 heterocycles. The molecule has 3 aromatic heterocycles. The van der Waals surface area contributed by atoms with Crippen molar-refractivity contribution in [2.75, 3.05) is 23.7 Å². The highest BCUT2D eigenvalue weighted by atomic mass is 15.2. The van der Waals surface area contributed by atoms with Crippen LogP contribution in [0.25, 0.3) is 11.2 Å². The molecule has 0 unspecified atom stereocenters. The molecule has 0 saturated carbocycles. The first-order chi connectivity index (χ1) is 14.7. The van der Waals surface area contributed by atoms with Crippen LogP contribution in [-0.4, -0.2) is 42.2 Å². The third kappa shape index (κ3) is 4.76. The molecule has 0 aliphatic carbocycles. The van der Waals surface area contributed by atoms with Gasteiger partial charge in [-0.1, -0.05) is 30.3 Å². The van der Waals surface area contributed by atoms with Crippen LogP contribution >= 0.6 is 0 Å². The van der Waals surface area contributed by atoms with E-state index in [1.165, 1.54) is 5.56 Å². The molecule has 156 valence electrons. The Morgan fingerprint density at radius 3 is 2.63 bits per heavy atom. The second kappa shape index (κ2) is 9.39. The Morgan fingerprint density at radius 1 is 1.00 bits per heavy atom. The largest absolute Gasteiger partial charge is 0.368 e. The van der Waals surface area contributed by atoms with Crippen LogP contribution in [0.4, 0.5) is 11.8 Å². The molecule has 30 heavy (non-hydrogen) atoms. The van der Waals surface area contributed by atoms with Crippen LogP contribution in [0.5, 0.6) is 0 Å². The van der Waals surface area contributed by atoms with Gasteiger partial charge in [0.15, 0.2) is 17.0 Å². The quantitative estimate of drug-likeness (QED) is 0.392. The van der Waals surface area contributed by atoms with Gasteiger partial charge in [0.1, 0.15) is 0 Å². The highest BCUT2D eigenvalue weighted by Gasteiger charge is 2.14. The fourth-order valence-electron chi connectivity index (χ4n) is 3.35. The summed E-state index contributed by atoms with van der Waals surface area (Å²) in [7, 11) is 0. The predicted molar refractivity (Wildman–Crippen MR) is 120 cm³/mol. The highest BCUT2D eigenvalue weighted by molar-refractivity contribution is 5.84. The number of nitrogens with one attached hydrogen (secondary N) is 2. The monoisotopic (exact) mass is 404 g/mol. The number of fused-ring (bicyclic) bond motifs is 1. The average molecular weight is 405 g/mol. The molecule has 4 aromatic rings. The van der Waals surface area contributed by atoms with Crippen molar-refractivity contribution < 1.29 is 0 Å². The van der Waals surface area contributed by atoms with Gasteiger partial charge >= 0.3 is 0 Å². The van der Waals surface area contributed by atoms with Gasteiger partial charge in [0, 0.05) is 38.1 Å². The molecule has 8 nitrogen and oxygen atoms in total. The normalized spacial score (nSPS) is 11.3. The first kappa shape index (κ1) is 19.9. The van der Waals surface area contributed by atoms with Crippen LogP contribution in [0.15, 0.2) is 55.4 Å². The van der Waals surface area contributed by atoms with E-state index in [1.54, 1.807) is 6.20 Å². The molecule has 0 aliphatic rings. The first-order valence-electron chi connectivity index (χ1n) is 10.4. The molecule has 0 bridgehead atoms. The van der Waals surface area contributed by atoms with E-state index >= 15 is 0 Å². The van der Waals surface area contributed by atoms with Gasteiger partial charge in [0.25, 0.3) is 0 Å². The molecule has 0 atom stereocenters. The number of anilines is 2. The fraction of sp³-hybridized carbons (Fsp3) is 0.364. The van der Waals surface area contributed by atoms with E-state index in [0.717, 1.165) is 49.5 Å². The molecular weight excluding hydrogens is 376 g/mol. The third-order valence-electron chi connectivity index (χ3n) is 4.96. The molecule has 0 spiro atoms. The lowest BCUT2D eigenvalue weighted by Gasteiger charge is -2.12. The van der Waals surface area contributed by atoms with Crippen LogP contribution in [0, 0.1) is 0 Å². The van der Waals surface area contributed by atoms with Gasteiger partial charge in [-0.05, 0) is 32.3 Å². The summed E-state index contributed by atoms with van der Waals surface area (Å²) in [6, 6.07) is 10.7. The number of aryl methyl sites for hydroxylation is 1. The lowest BCUT2D eigenvalue weighted by Crippen LogP contribution is -2.12. The molecule has 1 aromatic carbocycles. The van der Waals surface area contributed by atoms with Crippen LogP contribution in [0.3, 0.4) is 0 Å². The lowest BCUT2D eigenvalue weighted by molar-refractivity contribution is 0.613. The lowest BCUT2D eigenvalue weighted by atomic mass is 10.1. The predicted octanol–water partition coefficient (Wildman–Crippen LogP) is 3.76. The molecule has 0 aliphatic heterocycles. The van der Waals surface area contributed by atoms with E-state index in [-0.39, 0.29) is 6.04 Å². The van der Waals surface area contributed by atoms with Gasteiger partial charge in [-0.25, -0.2) is 9.97 Å². The maximum Gasteiger partial charge on any atom is 0.226 e. The summed E-state index contributed by atoms with van der Waals surface area (Å²) in [5, 5.41) is 6.83. The zero-order valence-electron chi connectivity index (χ0n) is 17.5. The molecule has 0 fully saturated rings. The van der Waals surface area contributed by atoms with E-state index < -0.39 is 0 Å². The number of nitrogens with zero attached hydrogens (tertiary/aromatic N) is 6. The number of hydrogen-bond acceptors (Lipinski definition) is 6. The first-order valence-corrected chi connectivity index (χ1v) is 10.4. The summed E-state index contributed by atoms with van der Waals surface area (Å²) < 4.78 is 4.15. The smallest absolute Gasteiger partial charge is 0.226 e. The zero-order valence-corrected chi connectivity index (χ0v) is 17.5. The summed E-state index contributed by atoms with van der Waals surface area (Å²) in [6.07, 6.45) is 9.33. The molecule has 4 rings (SSSR count). The number of hydrogen-bond donors (Lipinski definition) is 2. The van der Waals surface area contributed by atoms with Crippen LogP contribution in [0.2, 0.25) is 0 Å². The SMILES string of the molecule is CC(C)n1cnc2c(NCCCn3ccnc3)nc(NCCc3ccccc3)nc21. The van der Waals surface area contributed by atoms with Gasteiger partial charge in [0.05, 0.1) is 12.7 Å². The standard InChI is InChI=1S/C22H28N8/c1-17(2)30-16-26-19-20(24-10-6-13-29-14-12-23-15-29)27-22(28-21(19)30)25-11-9-18-7-4-3-5-8-18/h3-5,7-8,12,14-17H,6,9-11,13H2,1-2H3,(H2,24,25,27,28). The van der Waals surface area contributed by atoms with Crippen LogP contribution in [0.1, 0.15) is 31.9 Å². The topological polar surface area (TPSA) is 85.5 Å². The molecule has 2 N–H and O–H groups in total. The van der Waals surface area contributed by atoms with E-state index in [4.69, 9.17) is 9.97 Å². The highest BCUT2D eigenvalue weighted by Crippen LogP contribution is 2.23. The van der Waals surface area contributed by atoms with Crippen LogP contribution in [-0.2, 0) is 13.0 Å². The maximum absolute atomic E-state index is 4.74. The average Bonchev–Trinajstić information content (AvgIpc) is 3.42. The van der Waals surface area contributed by atoms with E-state index in [1.807, 2.05) is 24.9 Å². The summed E-state index contributed by atoms with van der Waals surface area (Å²) in [5.74, 6) is 1.39. The second-order valence-corrected chi connectivity index (χ2v) is 7.56. The van der Waals surface area contributed by atoms with Crippen molar-refractivity contribution in [3.63, 3.8) is 0 Å². The zero-order chi connectivity index (χ0) is 20.8. The van der Waals surface area contributed by atoms with Crippen molar-refractivity contribution >= 4 is 22.9 Å². The Hall–Kier alpha value is -3.42. The minimum absolute atomic E-state index is 0.274. The summed E-state index contributed by atoms with van der Waals surface area (Å²) in [6.45, 7) is 6.73. The number of imidazole rings is 2. The summed E-state index contributed by atoms with van der Waals surface area (Å²) in [4.78, 5) is 18.1. The maximum atomic E-state index is 4.74. The Kier molecular flexibility index (Phi) is 6.22.